The van der Waals surface area contributed by atoms with Gasteiger partial charge in [0.2, 0.25) is 0 Å². The molecule has 5 atom stereocenters. The van der Waals surface area contributed by atoms with Gasteiger partial charge in [0.15, 0.2) is 0 Å². The first-order chi connectivity index (χ1) is 8.23. The fourth-order valence-corrected chi connectivity index (χ4v) is 2.96. The maximum atomic E-state index is 5.92. The fraction of sp³-hybridized carbons (Fsp3) is 1.00. The Morgan fingerprint density at radius 3 is 1.94 bits per heavy atom. The molecule has 102 valence electrons. The van der Waals surface area contributed by atoms with E-state index in [-0.39, 0.29) is 29.9 Å². The molecule has 0 aliphatic carbocycles. The molecule has 0 saturated carbocycles. The number of rotatable bonds is 6. The SMILES string of the molecule is COC[C@H]1O[C@@H](SC)[C@H](OC)[C@@H](OC)[C@@H]1OC. The van der Waals surface area contributed by atoms with Gasteiger partial charge in [0, 0.05) is 28.4 Å². The van der Waals surface area contributed by atoms with Crippen molar-refractivity contribution >= 4 is 11.8 Å². The molecule has 1 aliphatic rings. The zero-order valence-corrected chi connectivity index (χ0v) is 11.9. The third kappa shape index (κ3) is 3.33. The van der Waals surface area contributed by atoms with Crippen LogP contribution in [-0.2, 0) is 23.7 Å². The third-order valence-electron chi connectivity index (χ3n) is 2.97. The van der Waals surface area contributed by atoms with Gasteiger partial charge >= 0.3 is 0 Å². The van der Waals surface area contributed by atoms with Crippen molar-refractivity contribution in [3.05, 3.63) is 0 Å². The van der Waals surface area contributed by atoms with E-state index in [4.69, 9.17) is 23.7 Å². The predicted molar refractivity (Wildman–Crippen MR) is 66.4 cm³/mol. The maximum absolute atomic E-state index is 5.92. The Balaban J connectivity index is 2.84. The van der Waals surface area contributed by atoms with E-state index >= 15 is 0 Å². The van der Waals surface area contributed by atoms with Gasteiger partial charge in [-0.1, -0.05) is 0 Å². The lowest BCUT2D eigenvalue weighted by molar-refractivity contribution is -0.228. The van der Waals surface area contributed by atoms with Crippen molar-refractivity contribution in [3.63, 3.8) is 0 Å². The minimum absolute atomic E-state index is 0.0727. The van der Waals surface area contributed by atoms with E-state index in [1.54, 1.807) is 40.2 Å². The lowest BCUT2D eigenvalue weighted by Crippen LogP contribution is -2.59. The van der Waals surface area contributed by atoms with Gasteiger partial charge in [-0.3, -0.25) is 0 Å². The zero-order chi connectivity index (χ0) is 12.8. The van der Waals surface area contributed by atoms with Gasteiger partial charge in [-0.05, 0) is 6.26 Å². The minimum Gasteiger partial charge on any atom is -0.382 e. The third-order valence-corrected chi connectivity index (χ3v) is 3.81. The van der Waals surface area contributed by atoms with Crippen LogP contribution in [0.25, 0.3) is 0 Å². The molecule has 6 heteroatoms. The molecule has 0 N–H and O–H groups in total. The molecule has 0 bridgehead atoms. The summed E-state index contributed by atoms with van der Waals surface area (Å²) in [5, 5.41) is 0. The van der Waals surface area contributed by atoms with Crippen LogP contribution in [0, 0.1) is 0 Å². The highest BCUT2D eigenvalue weighted by atomic mass is 32.2. The molecule has 1 aliphatic heterocycles. The van der Waals surface area contributed by atoms with Crippen molar-refractivity contribution in [3.8, 4) is 0 Å². The lowest BCUT2D eigenvalue weighted by Gasteiger charge is -2.44. The molecule has 0 aromatic heterocycles. The van der Waals surface area contributed by atoms with Gasteiger partial charge in [0.25, 0.3) is 0 Å². The van der Waals surface area contributed by atoms with Gasteiger partial charge < -0.3 is 23.7 Å². The quantitative estimate of drug-likeness (QED) is 0.707. The van der Waals surface area contributed by atoms with Crippen LogP contribution in [0.5, 0.6) is 0 Å². The Morgan fingerprint density at radius 1 is 0.941 bits per heavy atom. The van der Waals surface area contributed by atoms with Crippen LogP contribution in [0.2, 0.25) is 0 Å². The molecule has 5 nitrogen and oxygen atoms in total. The standard InChI is InChI=1S/C11H22O5S/c1-12-6-7-8(13-2)9(14-3)10(15-4)11(16-7)17-5/h7-11H,6H2,1-5H3/t7-,8-,9+,10-,11+/m1/s1. The second-order valence-electron chi connectivity index (χ2n) is 3.83. The number of hydrogen-bond donors (Lipinski definition) is 0. The van der Waals surface area contributed by atoms with E-state index < -0.39 is 0 Å². The molecule has 0 unspecified atom stereocenters. The second kappa shape index (κ2) is 7.56. The highest BCUT2D eigenvalue weighted by Gasteiger charge is 2.46. The van der Waals surface area contributed by atoms with Crippen LogP contribution < -0.4 is 0 Å². The Hall–Kier alpha value is 0.150. The van der Waals surface area contributed by atoms with E-state index in [2.05, 4.69) is 0 Å². The van der Waals surface area contributed by atoms with E-state index in [0.29, 0.717) is 6.61 Å². The van der Waals surface area contributed by atoms with Gasteiger partial charge in [-0.25, -0.2) is 0 Å². The summed E-state index contributed by atoms with van der Waals surface area (Å²) >= 11 is 1.60. The summed E-state index contributed by atoms with van der Waals surface area (Å²) in [5.74, 6) is 0. The van der Waals surface area contributed by atoms with Gasteiger partial charge in [0.1, 0.15) is 29.9 Å². The number of hydrogen-bond acceptors (Lipinski definition) is 6. The summed E-state index contributed by atoms with van der Waals surface area (Å²) in [7, 11) is 6.62. The highest BCUT2D eigenvalue weighted by molar-refractivity contribution is 7.99. The van der Waals surface area contributed by atoms with Crippen LogP contribution in [0.4, 0.5) is 0 Å². The summed E-state index contributed by atoms with van der Waals surface area (Å²) < 4.78 is 27.5. The topological polar surface area (TPSA) is 46.2 Å². The van der Waals surface area contributed by atoms with Gasteiger partial charge in [-0.15, -0.1) is 11.8 Å². The molecule has 1 fully saturated rings. The molecular formula is C11H22O5S. The van der Waals surface area contributed by atoms with E-state index in [0.717, 1.165) is 0 Å². The van der Waals surface area contributed by atoms with Crippen LogP contribution >= 0.6 is 11.8 Å². The molecule has 1 rings (SSSR count). The van der Waals surface area contributed by atoms with Crippen molar-refractivity contribution in [1.29, 1.82) is 0 Å². The van der Waals surface area contributed by atoms with E-state index in [9.17, 15) is 0 Å². The normalized spacial score (nSPS) is 38.3. The molecule has 1 heterocycles. The molecular weight excluding hydrogens is 244 g/mol. The number of ether oxygens (including phenoxy) is 5. The van der Waals surface area contributed by atoms with Crippen LogP contribution in [0.1, 0.15) is 0 Å². The fourth-order valence-electron chi connectivity index (χ4n) is 2.17. The largest absolute Gasteiger partial charge is 0.382 e. The van der Waals surface area contributed by atoms with Crippen LogP contribution in [0.15, 0.2) is 0 Å². The Morgan fingerprint density at radius 2 is 1.53 bits per heavy atom. The first kappa shape index (κ1) is 15.2. The van der Waals surface area contributed by atoms with Gasteiger partial charge in [-0.2, -0.15) is 0 Å². The van der Waals surface area contributed by atoms with Gasteiger partial charge in [0.05, 0.1) is 6.61 Å². The average molecular weight is 266 g/mol. The highest BCUT2D eigenvalue weighted by Crippen LogP contribution is 2.31. The van der Waals surface area contributed by atoms with Crippen molar-refractivity contribution in [2.75, 3.05) is 41.3 Å². The first-order valence-electron chi connectivity index (χ1n) is 5.49. The van der Waals surface area contributed by atoms with Crippen molar-refractivity contribution < 1.29 is 23.7 Å². The predicted octanol–water partition coefficient (Wildman–Crippen LogP) is 0.766. The van der Waals surface area contributed by atoms with Crippen LogP contribution in [0.3, 0.4) is 0 Å². The molecule has 17 heavy (non-hydrogen) atoms. The van der Waals surface area contributed by atoms with Crippen molar-refractivity contribution in [2.24, 2.45) is 0 Å². The number of thioether (sulfide) groups is 1. The molecule has 0 amide bonds. The molecule has 0 aromatic rings. The van der Waals surface area contributed by atoms with E-state index in [1.807, 2.05) is 6.26 Å². The lowest BCUT2D eigenvalue weighted by atomic mass is 9.99. The second-order valence-corrected chi connectivity index (χ2v) is 4.77. The minimum atomic E-state index is -0.187. The van der Waals surface area contributed by atoms with Crippen molar-refractivity contribution in [2.45, 2.75) is 29.9 Å². The molecule has 0 aromatic carbocycles. The zero-order valence-electron chi connectivity index (χ0n) is 11.0. The number of methoxy groups -OCH3 is 4. The van der Waals surface area contributed by atoms with Crippen LogP contribution in [-0.4, -0.2) is 71.2 Å². The smallest absolute Gasteiger partial charge is 0.132 e. The Bertz CT molecular complexity index is 216. The summed E-state index contributed by atoms with van der Waals surface area (Å²) in [6.07, 6.45) is 1.36. The summed E-state index contributed by atoms with van der Waals surface area (Å²) in [6.45, 7) is 0.478. The average Bonchev–Trinajstić information content (AvgIpc) is 2.37. The summed E-state index contributed by atoms with van der Waals surface area (Å²) in [6, 6.07) is 0. The van der Waals surface area contributed by atoms with E-state index in [1.165, 1.54) is 0 Å². The Kier molecular flexibility index (Phi) is 6.76. The maximum Gasteiger partial charge on any atom is 0.132 e. The molecule has 0 radical (unpaired) electrons. The first-order valence-corrected chi connectivity index (χ1v) is 6.77. The molecule has 1 saturated heterocycles. The Labute approximate surface area is 107 Å². The monoisotopic (exact) mass is 266 g/mol. The summed E-state index contributed by atoms with van der Waals surface area (Å²) in [5.41, 5.74) is -0.0727. The summed E-state index contributed by atoms with van der Waals surface area (Å²) in [4.78, 5) is 0. The van der Waals surface area contributed by atoms with Crippen molar-refractivity contribution in [1.82, 2.24) is 0 Å². The molecule has 0 spiro atoms.